The molecule has 3 heteroatoms. The fourth-order valence-corrected chi connectivity index (χ4v) is 1.70. The molecule has 0 bridgehead atoms. The standard InChI is InChI=1S/C14H19BrO2/c1-11(2)10-17-9-3-4-14(16)12-5-7-13(15)8-6-12/h5-8,11H,3-4,9-10H2,1-2H3. The SMILES string of the molecule is CC(C)COCCCC(=O)c1ccc(Br)cc1. The molecule has 94 valence electrons. The second-order valence-corrected chi connectivity index (χ2v) is 5.42. The fourth-order valence-electron chi connectivity index (χ4n) is 1.43. The predicted molar refractivity (Wildman–Crippen MR) is 73.4 cm³/mol. The maximum Gasteiger partial charge on any atom is 0.162 e. The van der Waals surface area contributed by atoms with Gasteiger partial charge in [-0.15, -0.1) is 0 Å². The molecule has 0 atom stereocenters. The largest absolute Gasteiger partial charge is 0.381 e. The van der Waals surface area contributed by atoms with Gasteiger partial charge in [0.25, 0.3) is 0 Å². The average Bonchev–Trinajstić information content (AvgIpc) is 2.29. The zero-order valence-corrected chi connectivity index (χ0v) is 12.0. The van der Waals surface area contributed by atoms with Crippen LogP contribution < -0.4 is 0 Å². The fraction of sp³-hybridized carbons (Fsp3) is 0.500. The van der Waals surface area contributed by atoms with Gasteiger partial charge in [0.15, 0.2) is 5.78 Å². The van der Waals surface area contributed by atoms with Gasteiger partial charge in [-0.25, -0.2) is 0 Å². The maximum atomic E-state index is 11.8. The molecule has 1 rings (SSSR count). The van der Waals surface area contributed by atoms with Crippen LogP contribution in [0.1, 0.15) is 37.0 Å². The Balaban J connectivity index is 2.23. The average molecular weight is 299 g/mol. The number of halogens is 1. The highest BCUT2D eigenvalue weighted by molar-refractivity contribution is 9.10. The van der Waals surface area contributed by atoms with Crippen molar-refractivity contribution in [2.45, 2.75) is 26.7 Å². The highest BCUT2D eigenvalue weighted by Gasteiger charge is 2.05. The van der Waals surface area contributed by atoms with Crippen LogP contribution in [0, 0.1) is 5.92 Å². The van der Waals surface area contributed by atoms with Gasteiger partial charge in [-0.3, -0.25) is 4.79 Å². The first-order valence-corrected chi connectivity index (χ1v) is 6.75. The van der Waals surface area contributed by atoms with Crippen LogP contribution in [0.4, 0.5) is 0 Å². The number of ether oxygens (including phenoxy) is 1. The summed E-state index contributed by atoms with van der Waals surface area (Å²) >= 11 is 3.35. The first-order chi connectivity index (χ1) is 8.09. The first kappa shape index (κ1) is 14.4. The molecule has 0 fully saturated rings. The molecule has 2 nitrogen and oxygen atoms in total. The molecule has 0 aromatic heterocycles. The van der Waals surface area contributed by atoms with E-state index < -0.39 is 0 Å². The van der Waals surface area contributed by atoms with Crippen LogP contribution in [0.25, 0.3) is 0 Å². The summed E-state index contributed by atoms with van der Waals surface area (Å²) in [5.74, 6) is 0.739. The molecular weight excluding hydrogens is 280 g/mol. The minimum absolute atomic E-state index is 0.186. The van der Waals surface area contributed by atoms with Crippen molar-refractivity contribution in [3.8, 4) is 0 Å². The minimum Gasteiger partial charge on any atom is -0.381 e. The number of rotatable bonds is 7. The summed E-state index contributed by atoms with van der Waals surface area (Å²) in [6.07, 6.45) is 1.35. The third-order valence-corrected chi connectivity index (χ3v) is 2.84. The van der Waals surface area contributed by atoms with Crippen molar-refractivity contribution in [1.29, 1.82) is 0 Å². The molecule has 0 saturated carbocycles. The van der Waals surface area contributed by atoms with Gasteiger partial charge in [0, 0.05) is 29.7 Å². The second kappa shape index (κ2) is 7.62. The topological polar surface area (TPSA) is 26.3 Å². The Labute approximate surface area is 111 Å². The second-order valence-electron chi connectivity index (χ2n) is 4.50. The molecule has 0 N–H and O–H groups in total. The third kappa shape index (κ3) is 5.99. The third-order valence-electron chi connectivity index (χ3n) is 2.31. The van der Waals surface area contributed by atoms with Crippen molar-refractivity contribution in [1.82, 2.24) is 0 Å². The van der Waals surface area contributed by atoms with Crippen LogP contribution in [0.3, 0.4) is 0 Å². The van der Waals surface area contributed by atoms with Crippen molar-refractivity contribution in [2.75, 3.05) is 13.2 Å². The monoisotopic (exact) mass is 298 g/mol. The summed E-state index contributed by atoms with van der Waals surface area (Å²) in [4.78, 5) is 11.8. The lowest BCUT2D eigenvalue weighted by Crippen LogP contribution is -2.05. The van der Waals surface area contributed by atoms with Crippen LogP contribution >= 0.6 is 15.9 Å². The van der Waals surface area contributed by atoms with Crippen LogP contribution in [0.15, 0.2) is 28.7 Å². The predicted octanol–water partition coefficient (Wildman–Crippen LogP) is 4.08. The quantitative estimate of drug-likeness (QED) is 0.560. The summed E-state index contributed by atoms with van der Waals surface area (Å²) < 4.78 is 6.44. The van der Waals surface area contributed by atoms with Crippen molar-refractivity contribution in [2.24, 2.45) is 5.92 Å². The Morgan fingerprint density at radius 1 is 1.29 bits per heavy atom. The number of Topliss-reactive ketones (excluding diaryl/α,β-unsaturated/α-hetero) is 1. The summed E-state index contributed by atoms with van der Waals surface area (Å²) in [5.41, 5.74) is 0.775. The zero-order valence-electron chi connectivity index (χ0n) is 10.4. The van der Waals surface area contributed by atoms with Crippen LogP contribution in [-0.2, 0) is 4.74 Å². The Kier molecular flexibility index (Phi) is 6.45. The lowest BCUT2D eigenvalue weighted by Gasteiger charge is -2.06. The number of carbonyl (C=O) groups is 1. The van der Waals surface area contributed by atoms with Gasteiger partial charge in [-0.1, -0.05) is 41.9 Å². The lowest BCUT2D eigenvalue weighted by atomic mass is 10.1. The van der Waals surface area contributed by atoms with Gasteiger partial charge in [0.05, 0.1) is 0 Å². The van der Waals surface area contributed by atoms with Crippen molar-refractivity contribution >= 4 is 21.7 Å². The number of hydrogen-bond donors (Lipinski definition) is 0. The molecule has 0 amide bonds. The Morgan fingerprint density at radius 2 is 1.94 bits per heavy atom. The van der Waals surface area contributed by atoms with E-state index in [0.717, 1.165) is 23.1 Å². The molecule has 17 heavy (non-hydrogen) atoms. The van der Waals surface area contributed by atoms with E-state index in [4.69, 9.17) is 4.74 Å². The molecule has 0 saturated heterocycles. The zero-order chi connectivity index (χ0) is 12.7. The molecular formula is C14H19BrO2. The van der Waals surface area contributed by atoms with E-state index in [1.165, 1.54) is 0 Å². The maximum absolute atomic E-state index is 11.8. The van der Waals surface area contributed by atoms with Gasteiger partial charge in [0.1, 0.15) is 0 Å². The number of carbonyl (C=O) groups excluding carboxylic acids is 1. The van der Waals surface area contributed by atoms with E-state index >= 15 is 0 Å². The van der Waals surface area contributed by atoms with Gasteiger partial charge in [-0.2, -0.15) is 0 Å². The van der Waals surface area contributed by atoms with Crippen molar-refractivity contribution < 1.29 is 9.53 Å². The normalized spacial score (nSPS) is 10.8. The molecule has 0 unspecified atom stereocenters. The van der Waals surface area contributed by atoms with E-state index in [0.29, 0.717) is 18.9 Å². The molecule has 0 aliphatic heterocycles. The first-order valence-electron chi connectivity index (χ1n) is 5.96. The van der Waals surface area contributed by atoms with E-state index in [1.807, 2.05) is 24.3 Å². The number of benzene rings is 1. The molecule has 1 aromatic carbocycles. The van der Waals surface area contributed by atoms with Crippen molar-refractivity contribution in [3.63, 3.8) is 0 Å². The van der Waals surface area contributed by atoms with Gasteiger partial charge < -0.3 is 4.74 Å². The van der Waals surface area contributed by atoms with E-state index in [-0.39, 0.29) is 5.78 Å². The highest BCUT2D eigenvalue weighted by Crippen LogP contribution is 2.12. The van der Waals surface area contributed by atoms with Gasteiger partial charge in [-0.05, 0) is 24.5 Å². The van der Waals surface area contributed by atoms with Crippen molar-refractivity contribution in [3.05, 3.63) is 34.3 Å². The number of ketones is 1. The van der Waals surface area contributed by atoms with E-state index in [9.17, 15) is 4.79 Å². The van der Waals surface area contributed by atoms with Crippen LogP contribution in [-0.4, -0.2) is 19.0 Å². The Morgan fingerprint density at radius 3 is 2.53 bits per heavy atom. The summed E-state index contributed by atoms with van der Waals surface area (Å²) in [7, 11) is 0. The smallest absolute Gasteiger partial charge is 0.162 e. The van der Waals surface area contributed by atoms with Crippen LogP contribution in [0.5, 0.6) is 0 Å². The van der Waals surface area contributed by atoms with E-state index in [2.05, 4.69) is 29.8 Å². The molecule has 0 aliphatic rings. The summed E-state index contributed by atoms with van der Waals surface area (Å²) in [6.45, 7) is 5.67. The molecule has 0 aliphatic carbocycles. The molecule has 1 aromatic rings. The van der Waals surface area contributed by atoms with Crippen LogP contribution in [0.2, 0.25) is 0 Å². The summed E-state index contributed by atoms with van der Waals surface area (Å²) in [6, 6.07) is 7.48. The Hall–Kier alpha value is -0.670. The van der Waals surface area contributed by atoms with Gasteiger partial charge >= 0.3 is 0 Å². The number of hydrogen-bond acceptors (Lipinski definition) is 2. The lowest BCUT2D eigenvalue weighted by molar-refractivity contribution is 0.0898. The minimum atomic E-state index is 0.186. The van der Waals surface area contributed by atoms with Gasteiger partial charge in [0.2, 0.25) is 0 Å². The molecule has 0 radical (unpaired) electrons. The van der Waals surface area contributed by atoms with E-state index in [1.54, 1.807) is 0 Å². The summed E-state index contributed by atoms with van der Waals surface area (Å²) in [5, 5.41) is 0. The highest BCUT2D eigenvalue weighted by atomic mass is 79.9. The Bertz CT molecular complexity index is 344. The molecule has 0 heterocycles. The molecule has 0 spiro atoms.